The van der Waals surface area contributed by atoms with Gasteiger partial charge in [-0.25, -0.2) is 13.8 Å². The quantitative estimate of drug-likeness (QED) is 0.679. The van der Waals surface area contributed by atoms with Crippen molar-refractivity contribution in [2.75, 3.05) is 6.26 Å². The number of hydrogen-bond acceptors (Lipinski definition) is 6. The summed E-state index contributed by atoms with van der Waals surface area (Å²) >= 11 is 1.24. The topological polar surface area (TPSA) is 79.0 Å². The SMILES string of the molecule is CSc1ncc(C#N)c(O[C@H]2CC(F)(F)C[C@@]2(C)O)n1. The molecule has 1 heterocycles. The molecule has 1 fully saturated rings. The molecule has 0 bridgehead atoms. The third kappa shape index (κ3) is 2.99. The van der Waals surface area contributed by atoms with E-state index in [2.05, 4.69) is 9.97 Å². The first-order valence-electron chi connectivity index (χ1n) is 5.85. The maximum Gasteiger partial charge on any atom is 0.254 e. The van der Waals surface area contributed by atoms with E-state index in [1.54, 1.807) is 6.26 Å². The lowest BCUT2D eigenvalue weighted by molar-refractivity contribution is -0.0408. The third-order valence-corrected chi connectivity index (χ3v) is 3.64. The van der Waals surface area contributed by atoms with E-state index in [4.69, 9.17) is 10.00 Å². The Morgan fingerprint density at radius 2 is 2.30 bits per heavy atom. The number of aliphatic hydroxyl groups is 1. The van der Waals surface area contributed by atoms with E-state index in [1.165, 1.54) is 24.9 Å². The summed E-state index contributed by atoms with van der Waals surface area (Å²) < 4.78 is 32.1. The molecule has 1 aliphatic rings. The van der Waals surface area contributed by atoms with E-state index in [9.17, 15) is 13.9 Å². The van der Waals surface area contributed by atoms with E-state index in [-0.39, 0.29) is 11.4 Å². The fourth-order valence-corrected chi connectivity index (χ4v) is 2.45. The Kier molecular flexibility index (Phi) is 3.84. The van der Waals surface area contributed by atoms with Gasteiger partial charge < -0.3 is 9.84 Å². The Balaban J connectivity index is 2.28. The van der Waals surface area contributed by atoms with E-state index < -0.39 is 30.5 Å². The second kappa shape index (κ2) is 5.14. The molecule has 20 heavy (non-hydrogen) atoms. The minimum Gasteiger partial charge on any atom is -0.470 e. The lowest BCUT2D eigenvalue weighted by Crippen LogP contribution is -2.38. The second-order valence-electron chi connectivity index (χ2n) is 4.89. The maximum atomic E-state index is 13.4. The van der Waals surface area contributed by atoms with Crippen molar-refractivity contribution in [1.82, 2.24) is 9.97 Å². The van der Waals surface area contributed by atoms with Crippen LogP contribution in [0.15, 0.2) is 11.4 Å². The van der Waals surface area contributed by atoms with Crippen molar-refractivity contribution in [3.63, 3.8) is 0 Å². The van der Waals surface area contributed by atoms with Gasteiger partial charge in [0.15, 0.2) is 5.16 Å². The standard InChI is InChI=1S/C12H13F2N3O2S/c1-11(18)6-12(13,14)3-8(11)19-9-7(4-15)5-16-10(17-9)20-2/h5,8,18H,3,6H2,1-2H3/t8-,11+/m0/s1. The summed E-state index contributed by atoms with van der Waals surface area (Å²) in [4.78, 5) is 7.90. The summed E-state index contributed by atoms with van der Waals surface area (Å²) in [6, 6.07) is 1.84. The monoisotopic (exact) mass is 301 g/mol. The van der Waals surface area contributed by atoms with E-state index in [0.717, 1.165) is 0 Å². The molecule has 108 valence electrons. The number of nitrogens with zero attached hydrogens (tertiary/aromatic N) is 3. The van der Waals surface area contributed by atoms with Crippen LogP contribution < -0.4 is 4.74 Å². The highest BCUT2D eigenvalue weighted by atomic mass is 32.2. The van der Waals surface area contributed by atoms with Gasteiger partial charge >= 0.3 is 0 Å². The number of thioether (sulfide) groups is 1. The first-order valence-corrected chi connectivity index (χ1v) is 7.08. The van der Waals surface area contributed by atoms with E-state index in [1.807, 2.05) is 6.07 Å². The van der Waals surface area contributed by atoms with Crippen LogP contribution in [0.25, 0.3) is 0 Å². The molecule has 2 rings (SSSR count). The summed E-state index contributed by atoms with van der Waals surface area (Å²) in [7, 11) is 0. The second-order valence-corrected chi connectivity index (χ2v) is 5.66. The molecular weight excluding hydrogens is 288 g/mol. The number of rotatable bonds is 3. The van der Waals surface area contributed by atoms with Crippen LogP contribution in [0.1, 0.15) is 25.3 Å². The first kappa shape index (κ1) is 14.9. The van der Waals surface area contributed by atoms with Crippen LogP contribution in [-0.4, -0.2) is 39.0 Å². The largest absolute Gasteiger partial charge is 0.470 e. The average Bonchev–Trinajstić information content (AvgIpc) is 2.57. The Hall–Kier alpha value is -1.46. The fraction of sp³-hybridized carbons (Fsp3) is 0.583. The minimum absolute atomic E-state index is 0.0498. The summed E-state index contributed by atoms with van der Waals surface area (Å²) in [6.07, 6.45) is 0.617. The average molecular weight is 301 g/mol. The number of hydrogen-bond donors (Lipinski definition) is 1. The number of halogens is 2. The molecular formula is C12H13F2N3O2S. The van der Waals surface area contributed by atoms with Crippen molar-refractivity contribution in [2.45, 2.75) is 42.5 Å². The zero-order chi connectivity index (χ0) is 15.0. The molecule has 1 N–H and O–H groups in total. The van der Waals surface area contributed by atoms with Gasteiger partial charge in [-0.15, -0.1) is 0 Å². The molecule has 0 unspecified atom stereocenters. The van der Waals surface area contributed by atoms with Gasteiger partial charge in [-0.05, 0) is 13.2 Å². The van der Waals surface area contributed by atoms with E-state index in [0.29, 0.717) is 5.16 Å². The normalized spacial score (nSPS) is 28.1. The molecule has 1 aliphatic carbocycles. The van der Waals surface area contributed by atoms with Gasteiger partial charge in [-0.3, -0.25) is 0 Å². The van der Waals surface area contributed by atoms with E-state index >= 15 is 0 Å². The van der Waals surface area contributed by atoms with Gasteiger partial charge in [0.25, 0.3) is 5.92 Å². The molecule has 5 nitrogen and oxygen atoms in total. The number of alkyl halides is 2. The van der Waals surface area contributed by atoms with Crippen molar-refractivity contribution in [1.29, 1.82) is 5.26 Å². The highest BCUT2D eigenvalue weighted by Gasteiger charge is 2.54. The van der Waals surface area contributed by atoms with Crippen LogP contribution in [0, 0.1) is 11.3 Å². The molecule has 0 saturated heterocycles. The summed E-state index contributed by atoms with van der Waals surface area (Å²) in [5.41, 5.74) is -1.62. The minimum atomic E-state index is -2.99. The fourth-order valence-electron chi connectivity index (χ4n) is 2.12. The van der Waals surface area contributed by atoms with Crippen molar-refractivity contribution in [3.05, 3.63) is 11.8 Å². The molecule has 2 atom stereocenters. The molecule has 0 aromatic carbocycles. The number of ether oxygens (including phenoxy) is 1. The van der Waals surface area contributed by atoms with Gasteiger partial charge in [0, 0.05) is 6.42 Å². The molecule has 1 saturated carbocycles. The molecule has 1 aromatic heterocycles. The predicted octanol–water partition coefficient (Wildman–Crippen LogP) is 2.00. The highest BCUT2D eigenvalue weighted by molar-refractivity contribution is 7.98. The summed E-state index contributed by atoms with van der Waals surface area (Å²) in [6.45, 7) is 1.29. The zero-order valence-corrected chi connectivity index (χ0v) is 11.7. The van der Waals surface area contributed by atoms with Crippen molar-refractivity contribution >= 4 is 11.8 Å². The van der Waals surface area contributed by atoms with Gasteiger partial charge in [0.1, 0.15) is 23.3 Å². The van der Waals surface area contributed by atoms with Crippen LogP contribution in [0.3, 0.4) is 0 Å². The van der Waals surface area contributed by atoms with Crippen LogP contribution >= 0.6 is 11.8 Å². The van der Waals surface area contributed by atoms with Crippen LogP contribution in [0.5, 0.6) is 5.88 Å². The molecule has 0 radical (unpaired) electrons. The van der Waals surface area contributed by atoms with Gasteiger partial charge in [-0.1, -0.05) is 11.8 Å². The zero-order valence-electron chi connectivity index (χ0n) is 10.9. The molecule has 0 spiro atoms. The number of aromatic nitrogens is 2. The lowest BCUT2D eigenvalue weighted by atomic mass is 10.0. The Labute approximate surface area is 119 Å². The summed E-state index contributed by atoms with van der Waals surface area (Å²) in [5.74, 6) is -3.06. The molecule has 8 heteroatoms. The Morgan fingerprint density at radius 3 is 2.80 bits per heavy atom. The number of nitriles is 1. The van der Waals surface area contributed by atoms with Crippen LogP contribution in [-0.2, 0) is 0 Å². The molecule has 0 amide bonds. The predicted molar refractivity (Wildman–Crippen MR) is 67.7 cm³/mol. The Bertz CT molecular complexity index is 560. The summed E-state index contributed by atoms with van der Waals surface area (Å²) in [5, 5.41) is 19.3. The molecule has 1 aromatic rings. The smallest absolute Gasteiger partial charge is 0.254 e. The van der Waals surface area contributed by atoms with Crippen LogP contribution in [0.4, 0.5) is 8.78 Å². The van der Waals surface area contributed by atoms with Gasteiger partial charge in [-0.2, -0.15) is 10.2 Å². The van der Waals surface area contributed by atoms with Gasteiger partial charge in [0.05, 0.1) is 12.6 Å². The molecule has 0 aliphatic heterocycles. The third-order valence-electron chi connectivity index (χ3n) is 3.08. The van der Waals surface area contributed by atoms with Crippen molar-refractivity contribution < 1.29 is 18.6 Å². The van der Waals surface area contributed by atoms with Crippen LogP contribution in [0.2, 0.25) is 0 Å². The van der Waals surface area contributed by atoms with Crippen molar-refractivity contribution in [2.24, 2.45) is 0 Å². The lowest BCUT2D eigenvalue weighted by Gasteiger charge is -2.25. The Morgan fingerprint density at radius 1 is 1.60 bits per heavy atom. The first-order chi connectivity index (χ1) is 9.27. The van der Waals surface area contributed by atoms with Crippen molar-refractivity contribution in [3.8, 4) is 11.9 Å². The van der Waals surface area contributed by atoms with Gasteiger partial charge in [0.2, 0.25) is 5.88 Å². The highest BCUT2D eigenvalue weighted by Crippen LogP contribution is 2.43. The maximum absolute atomic E-state index is 13.4.